The number of hydrogen-bond acceptors (Lipinski definition) is 7. The smallest absolute Gasteiger partial charge is 0.343 e. The molecule has 0 atom stereocenters. The Balaban J connectivity index is 1.47. The highest BCUT2D eigenvalue weighted by atomic mass is 16.5. The van der Waals surface area contributed by atoms with Gasteiger partial charge < -0.3 is 18.9 Å². The van der Waals surface area contributed by atoms with Gasteiger partial charge in [0.2, 0.25) is 0 Å². The highest BCUT2D eigenvalue weighted by Crippen LogP contribution is 2.27. The van der Waals surface area contributed by atoms with Crippen LogP contribution in [0.3, 0.4) is 0 Å². The molecule has 1 N–H and O–H groups in total. The van der Waals surface area contributed by atoms with E-state index in [1.807, 2.05) is 30.3 Å². The Kier molecular flexibility index (Phi) is 7.77. The van der Waals surface area contributed by atoms with Gasteiger partial charge >= 0.3 is 5.97 Å². The molecule has 0 saturated carbocycles. The first kappa shape index (κ1) is 24.3. The number of amides is 1. The van der Waals surface area contributed by atoms with E-state index in [0.29, 0.717) is 34.1 Å². The Bertz CT molecular complexity index is 1380. The van der Waals surface area contributed by atoms with E-state index in [4.69, 9.17) is 18.9 Å². The van der Waals surface area contributed by atoms with Crippen LogP contribution in [0.25, 0.3) is 10.8 Å². The summed E-state index contributed by atoms with van der Waals surface area (Å²) in [5, 5.41) is 5.80. The normalized spacial score (nSPS) is 10.7. The maximum atomic E-state index is 12.7. The van der Waals surface area contributed by atoms with Crippen molar-refractivity contribution in [2.75, 3.05) is 20.8 Å². The van der Waals surface area contributed by atoms with Gasteiger partial charge in [0, 0.05) is 5.56 Å². The van der Waals surface area contributed by atoms with E-state index in [1.54, 1.807) is 68.8 Å². The maximum Gasteiger partial charge on any atom is 0.343 e. The van der Waals surface area contributed by atoms with Crippen LogP contribution in [-0.2, 0) is 4.79 Å². The SMILES string of the molecule is COc1ccc(OCC(=O)NN=Cc2c(OC(=O)c3ccc(OC)cc3)ccc3ccccc23)cc1. The molecule has 0 unspecified atom stereocenters. The standard InChI is InChI=1S/C28H24N2O6/c1-33-21-10-7-20(8-11-21)28(32)36-26-16-9-19-5-3-4-6-24(19)25(26)17-29-30-27(31)18-35-23-14-12-22(34-2)13-15-23/h3-17H,18H2,1-2H3,(H,30,31). The fourth-order valence-corrected chi connectivity index (χ4v) is 3.41. The van der Waals surface area contributed by atoms with Crippen LogP contribution in [0.5, 0.6) is 23.0 Å². The number of nitrogens with zero attached hydrogens (tertiary/aromatic N) is 1. The van der Waals surface area contributed by atoms with Gasteiger partial charge in [-0.25, -0.2) is 10.2 Å². The molecule has 4 aromatic carbocycles. The number of esters is 1. The number of fused-ring (bicyclic) bond motifs is 1. The summed E-state index contributed by atoms with van der Waals surface area (Å²) in [6.45, 7) is -0.224. The van der Waals surface area contributed by atoms with Gasteiger partial charge in [-0.1, -0.05) is 30.3 Å². The van der Waals surface area contributed by atoms with Gasteiger partial charge in [0.15, 0.2) is 6.61 Å². The van der Waals surface area contributed by atoms with Crippen molar-refractivity contribution in [3.8, 4) is 23.0 Å². The van der Waals surface area contributed by atoms with Crippen molar-refractivity contribution in [1.29, 1.82) is 0 Å². The van der Waals surface area contributed by atoms with E-state index in [1.165, 1.54) is 6.21 Å². The summed E-state index contributed by atoms with van der Waals surface area (Å²) in [6, 6.07) is 24.6. The highest BCUT2D eigenvalue weighted by Gasteiger charge is 2.14. The van der Waals surface area contributed by atoms with Crippen LogP contribution in [0.15, 0.2) is 90.0 Å². The van der Waals surface area contributed by atoms with E-state index < -0.39 is 11.9 Å². The first-order valence-electron chi connectivity index (χ1n) is 11.0. The lowest BCUT2D eigenvalue weighted by Gasteiger charge is -2.11. The monoisotopic (exact) mass is 484 g/mol. The molecular weight excluding hydrogens is 460 g/mol. The first-order chi connectivity index (χ1) is 17.6. The van der Waals surface area contributed by atoms with E-state index in [-0.39, 0.29) is 6.61 Å². The molecule has 0 bridgehead atoms. The molecule has 0 aliphatic rings. The lowest BCUT2D eigenvalue weighted by molar-refractivity contribution is -0.123. The van der Waals surface area contributed by atoms with Crippen molar-refractivity contribution >= 4 is 28.9 Å². The van der Waals surface area contributed by atoms with E-state index >= 15 is 0 Å². The van der Waals surface area contributed by atoms with Gasteiger partial charge in [0.05, 0.1) is 26.0 Å². The Labute approximate surface area is 208 Å². The van der Waals surface area contributed by atoms with Gasteiger partial charge in [-0.3, -0.25) is 4.79 Å². The Morgan fingerprint density at radius 2 is 1.44 bits per heavy atom. The largest absolute Gasteiger partial charge is 0.497 e. The summed E-state index contributed by atoms with van der Waals surface area (Å²) in [5.74, 6) is 1.18. The molecule has 0 fully saturated rings. The van der Waals surface area contributed by atoms with E-state index in [2.05, 4.69) is 10.5 Å². The second kappa shape index (κ2) is 11.5. The number of ether oxygens (including phenoxy) is 4. The van der Waals surface area contributed by atoms with Crippen molar-refractivity contribution in [1.82, 2.24) is 5.43 Å². The summed E-state index contributed by atoms with van der Waals surface area (Å²) in [7, 11) is 3.13. The van der Waals surface area contributed by atoms with Gasteiger partial charge in [-0.15, -0.1) is 0 Å². The Morgan fingerprint density at radius 1 is 0.806 bits per heavy atom. The maximum absolute atomic E-state index is 12.7. The average Bonchev–Trinajstić information content (AvgIpc) is 2.93. The molecule has 182 valence electrons. The first-order valence-corrected chi connectivity index (χ1v) is 11.0. The molecule has 8 nitrogen and oxygen atoms in total. The summed E-state index contributed by atoms with van der Waals surface area (Å²) in [5.41, 5.74) is 3.36. The van der Waals surface area contributed by atoms with Crippen molar-refractivity contribution in [3.05, 3.63) is 96.1 Å². The molecular formula is C28H24N2O6. The third kappa shape index (κ3) is 5.98. The molecule has 36 heavy (non-hydrogen) atoms. The van der Waals surface area contributed by atoms with E-state index in [9.17, 15) is 9.59 Å². The highest BCUT2D eigenvalue weighted by molar-refractivity contribution is 6.04. The van der Waals surface area contributed by atoms with Crippen LogP contribution in [0.4, 0.5) is 0 Å². The molecule has 0 aromatic heterocycles. The molecule has 4 aromatic rings. The summed E-state index contributed by atoms with van der Waals surface area (Å²) >= 11 is 0. The number of benzene rings is 4. The number of carbonyl (C=O) groups excluding carboxylic acids is 2. The minimum absolute atomic E-state index is 0.224. The second-order valence-corrected chi connectivity index (χ2v) is 7.57. The third-order valence-corrected chi connectivity index (χ3v) is 5.27. The van der Waals surface area contributed by atoms with Crippen LogP contribution < -0.4 is 24.4 Å². The average molecular weight is 485 g/mol. The van der Waals surface area contributed by atoms with Crippen molar-refractivity contribution < 1.29 is 28.5 Å². The zero-order valence-electron chi connectivity index (χ0n) is 19.8. The minimum atomic E-state index is -0.528. The minimum Gasteiger partial charge on any atom is -0.497 e. The molecule has 0 aliphatic carbocycles. The summed E-state index contributed by atoms with van der Waals surface area (Å²) in [4.78, 5) is 25.0. The molecule has 0 radical (unpaired) electrons. The number of carbonyl (C=O) groups is 2. The molecule has 8 heteroatoms. The summed E-state index contributed by atoms with van der Waals surface area (Å²) in [6.07, 6.45) is 1.45. The number of rotatable bonds is 9. The lowest BCUT2D eigenvalue weighted by atomic mass is 10.0. The number of nitrogens with one attached hydrogen (secondary N) is 1. The molecule has 0 spiro atoms. The topological polar surface area (TPSA) is 95.5 Å². The quantitative estimate of drug-likeness (QED) is 0.161. The van der Waals surface area contributed by atoms with Crippen molar-refractivity contribution in [2.24, 2.45) is 5.10 Å². The molecule has 4 rings (SSSR count). The van der Waals surface area contributed by atoms with Crippen molar-refractivity contribution in [2.45, 2.75) is 0 Å². The Morgan fingerprint density at radius 3 is 2.14 bits per heavy atom. The molecule has 1 amide bonds. The van der Waals surface area contributed by atoms with Crippen LogP contribution >= 0.6 is 0 Å². The zero-order valence-corrected chi connectivity index (χ0v) is 19.8. The van der Waals surface area contributed by atoms with Gasteiger partial charge in [-0.2, -0.15) is 5.10 Å². The number of hydrogen-bond donors (Lipinski definition) is 1. The van der Waals surface area contributed by atoms with Gasteiger partial charge in [0.25, 0.3) is 5.91 Å². The zero-order chi connectivity index (χ0) is 25.3. The molecule has 0 heterocycles. The number of methoxy groups -OCH3 is 2. The fourth-order valence-electron chi connectivity index (χ4n) is 3.41. The van der Waals surface area contributed by atoms with Crippen LogP contribution in [0, 0.1) is 0 Å². The van der Waals surface area contributed by atoms with Gasteiger partial charge in [-0.05, 0) is 65.4 Å². The summed E-state index contributed by atoms with van der Waals surface area (Å²) < 4.78 is 21.4. The van der Waals surface area contributed by atoms with Crippen molar-refractivity contribution in [3.63, 3.8) is 0 Å². The lowest BCUT2D eigenvalue weighted by Crippen LogP contribution is -2.24. The predicted molar refractivity (Wildman–Crippen MR) is 136 cm³/mol. The van der Waals surface area contributed by atoms with E-state index in [0.717, 1.165) is 10.8 Å². The molecule has 0 saturated heterocycles. The second-order valence-electron chi connectivity index (χ2n) is 7.57. The number of hydrazone groups is 1. The molecule has 0 aliphatic heterocycles. The third-order valence-electron chi connectivity index (χ3n) is 5.27. The van der Waals surface area contributed by atoms with Crippen LogP contribution in [-0.4, -0.2) is 38.9 Å². The Hall–Kier alpha value is -4.85. The predicted octanol–water partition coefficient (Wildman–Crippen LogP) is 4.61. The van der Waals surface area contributed by atoms with Crippen LogP contribution in [0.2, 0.25) is 0 Å². The van der Waals surface area contributed by atoms with Gasteiger partial charge in [0.1, 0.15) is 23.0 Å². The fraction of sp³-hybridized carbons (Fsp3) is 0.107. The van der Waals surface area contributed by atoms with Crippen LogP contribution in [0.1, 0.15) is 15.9 Å².